The van der Waals surface area contributed by atoms with Crippen LogP contribution >= 0.6 is 11.8 Å². The number of hydrogen-bond donors (Lipinski definition) is 2. The van der Waals surface area contributed by atoms with Gasteiger partial charge in [0.15, 0.2) is 0 Å². The zero-order chi connectivity index (χ0) is 15.0. The molecule has 20 heavy (non-hydrogen) atoms. The number of amides is 1. The van der Waals surface area contributed by atoms with Gasteiger partial charge in [0, 0.05) is 23.3 Å². The topological polar surface area (TPSA) is 49.3 Å². The molecule has 0 saturated carbocycles. The highest BCUT2D eigenvalue weighted by atomic mass is 32.2. The fourth-order valence-electron chi connectivity index (χ4n) is 2.07. The third kappa shape index (κ3) is 4.53. The zero-order valence-corrected chi connectivity index (χ0v) is 13.4. The first kappa shape index (κ1) is 17.1. The van der Waals surface area contributed by atoms with E-state index < -0.39 is 0 Å². The Kier molecular flexibility index (Phi) is 7.10. The first-order valence-corrected chi connectivity index (χ1v) is 8.47. The van der Waals surface area contributed by atoms with Crippen LogP contribution in [-0.4, -0.2) is 30.4 Å². The number of hydrogen-bond acceptors (Lipinski definition) is 3. The summed E-state index contributed by atoms with van der Waals surface area (Å²) in [6.07, 6.45) is 3.77. The van der Waals surface area contributed by atoms with Gasteiger partial charge in [0.2, 0.25) is 0 Å². The van der Waals surface area contributed by atoms with Crippen molar-refractivity contribution < 1.29 is 9.90 Å². The summed E-state index contributed by atoms with van der Waals surface area (Å²) in [5, 5.41) is 12.4. The molecular weight excluding hydrogens is 270 g/mol. The summed E-state index contributed by atoms with van der Waals surface area (Å²) in [6.45, 7) is 4.71. The molecule has 4 heteroatoms. The van der Waals surface area contributed by atoms with Crippen molar-refractivity contribution in [2.75, 3.05) is 19.4 Å². The maximum atomic E-state index is 12.1. The van der Waals surface area contributed by atoms with Gasteiger partial charge < -0.3 is 10.4 Å². The number of thioether (sulfide) groups is 1. The highest BCUT2D eigenvalue weighted by Crippen LogP contribution is 2.24. The van der Waals surface area contributed by atoms with Crippen LogP contribution in [0.1, 0.15) is 42.6 Å². The molecule has 1 aromatic rings. The van der Waals surface area contributed by atoms with E-state index in [1.54, 1.807) is 11.8 Å². The van der Waals surface area contributed by atoms with Gasteiger partial charge in [-0.15, -0.1) is 0 Å². The van der Waals surface area contributed by atoms with Crippen LogP contribution in [-0.2, 0) is 5.75 Å². The van der Waals surface area contributed by atoms with Crippen LogP contribution in [0.5, 0.6) is 0 Å². The van der Waals surface area contributed by atoms with E-state index in [-0.39, 0.29) is 17.9 Å². The molecule has 0 unspecified atom stereocenters. The first-order chi connectivity index (χ1) is 9.60. The van der Waals surface area contributed by atoms with Gasteiger partial charge in [-0.3, -0.25) is 4.79 Å². The first-order valence-electron chi connectivity index (χ1n) is 7.07. The molecule has 3 nitrogen and oxygen atoms in total. The van der Waals surface area contributed by atoms with Crippen LogP contribution in [0.3, 0.4) is 0 Å². The van der Waals surface area contributed by atoms with E-state index in [0.29, 0.717) is 12.1 Å². The number of carbonyl (C=O) groups is 1. The molecule has 1 rings (SSSR count). The largest absolute Gasteiger partial charge is 0.396 e. The fraction of sp³-hybridized carbons (Fsp3) is 0.562. The molecular formula is C16H25NO2S. The van der Waals surface area contributed by atoms with Crippen molar-refractivity contribution in [2.45, 2.75) is 32.4 Å². The lowest BCUT2D eigenvalue weighted by Gasteiger charge is -2.29. The van der Waals surface area contributed by atoms with Crippen LogP contribution in [0, 0.1) is 5.41 Å². The Morgan fingerprint density at radius 2 is 1.85 bits per heavy atom. The second kappa shape index (κ2) is 8.32. The van der Waals surface area contributed by atoms with Crippen LogP contribution in [0.25, 0.3) is 0 Å². The summed E-state index contributed by atoms with van der Waals surface area (Å²) in [7, 11) is 0. The Morgan fingerprint density at radius 3 is 2.30 bits per heavy atom. The van der Waals surface area contributed by atoms with Crippen molar-refractivity contribution in [3.8, 4) is 0 Å². The molecule has 0 atom stereocenters. The molecule has 0 heterocycles. The molecule has 0 bridgehead atoms. The molecule has 0 aromatic heterocycles. The molecule has 112 valence electrons. The number of benzene rings is 1. The summed E-state index contributed by atoms with van der Waals surface area (Å²) in [4.78, 5) is 12.1. The summed E-state index contributed by atoms with van der Waals surface area (Å²) < 4.78 is 0. The third-order valence-electron chi connectivity index (χ3n) is 3.99. The van der Waals surface area contributed by atoms with Crippen LogP contribution in [0.2, 0.25) is 0 Å². The maximum Gasteiger partial charge on any atom is 0.251 e. The molecule has 1 aromatic carbocycles. The number of rotatable bonds is 8. The van der Waals surface area contributed by atoms with Gasteiger partial charge in [0.05, 0.1) is 6.61 Å². The van der Waals surface area contributed by atoms with Gasteiger partial charge in [-0.1, -0.05) is 26.0 Å². The van der Waals surface area contributed by atoms with Gasteiger partial charge in [-0.2, -0.15) is 11.8 Å². The van der Waals surface area contributed by atoms with Crippen molar-refractivity contribution in [3.63, 3.8) is 0 Å². The SMILES string of the molecule is CCC(CC)(CO)CNC(=O)c1ccc(CSC)cc1. The third-order valence-corrected chi connectivity index (χ3v) is 4.61. The highest BCUT2D eigenvalue weighted by Gasteiger charge is 2.25. The standard InChI is InChI=1S/C16H25NO2S/c1-4-16(5-2,12-18)11-17-15(19)14-8-6-13(7-9-14)10-20-3/h6-9,18H,4-5,10-12H2,1-3H3,(H,17,19). The molecule has 0 aliphatic rings. The molecule has 1 amide bonds. The molecule has 0 radical (unpaired) electrons. The second-order valence-corrected chi connectivity index (χ2v) is 6.04. The van der Waals surface area contributed by atoms with Crippen LogP contribution in [0.15, 0.2) is 24.3 Å². The van der Waals surface area contributed by atoms with Gasteiger partial charge in [-0.25, -0.2) is 0 Å². The Morgan fingerprint density at radius 1 is 1.25 bits per heavy atom. The number of nitrogens with one attached hydrogen (secondary N) is 1. The van der Waals surface area contributed by atoms with E-state index in [9.17, 15) is 9.90 Å². The van der Waals surface area contributed by atoms with Gasteiger partial charge in [0.25, 0.3) is 5.91 Å². The molecule has 0 fully saturated rings. The van der Waals surface area contributed by atoms with E-state index in [1.165, 1.54) is 5.56 Å². The van der Waals surface area contributed by atoms with Gasteiger partial charge >= 0.3 is 0 Å². The normalized spacial score (nSPS) is 11.4. The van der Waals surface area contributed by atoms with Crippen molar-refractivity contribution >= 4 is 17.7 Å². The minimum atomic E-state index is -0.200. The minimum absolute atomic E-state index is 0.0690. The van der Waals surface area contributed by atoms with Gasteiger partial charge in [-0.05, 0) is 36.8 Å². The molecule has 0 saturated heterocycles. The molecule has 0 spiro atoms. The average Bonchev–Trinajstić information content (AvgIpc) is 2.50. The van der Waals surface area contributed by atoms with Crippen molar-refractivity contribution in [1.29, 1.82) is 0 Å². The predicted octanol–water partition coefficient (Wildman–Crippen LogP) is 3.08. The van der Waals surface area contributed by atoms with Crippen LogP contribution < -0.4 is 5.32 Å². The molecule has 0 aliphatic carbocycles. The Hall–Kier alpha value is -1.00. The van der Waals surface area contributed by atoms with E-state index >= 15 is 0 Å². The van der Waals surface area contributed by atoms with Crippen LogP contribution in [0.4, 0.5) is 0 Å². The second-order valence-electron chi connectivity index (χ2n) is 5.18. The fourth-order valence-corrected chi connectivity index (χ4v) is 2.59. The molecule has 0 aliphatic heterocycles. The maximum absolute atomic E-state index is 12.1. The minimum Gasteiger partial charge on any atom is -0.396 e. The average molecular weight is 295 g/mol. The quantitative estimate of drug-likeness (QED) is 0.775. The van der Waals surface area contributed by atoms with E-state index in [1.807, 2.05) is 38.1 Å². The lowest BCUT2D eigenvalue weighted by molar-refractivity contribution is 0.0851. The Bertz CT molecular complexity index is 405. The van der Waals surface area contributed by atoms with Crippen molar-refractivity contribution in [1.82, 2.24) is 5.32 Å². The lowest BCUT2D eigenvalue weighted by atomic mass is 9.83. The van der Waals surface area contributed by atoms with E-state index in [2.05, 4.69) is 11.6 Å². The smallest absolute Gasteiger partial charge is 0.251 e. The summed E-state index contributed by atoms with van der Waals surface area (Å²) in [6, 6.07) is 7.70. The Balaban J connectivity index is 2.62. The zero-order valence-electron chi connectivity index (χ0n) is 12.6. The van der Waals surface area contributed by atoms with Crippen molar-refractivity contribution in [3.05, 3.63) is 35.4 Å². The Labute approximate surface area is 126 Å². The van der Waals surface area contributed by atoms with Crippen molar-refractivity contribution in [2.24, 2.45) is 5.41 Å². The van der Waals surface area contributed by atoms with Gasteiger partial charge in [0.1, 0.15) is 0 Å². The predicted molar refractivity (Wildman–Crippen MR) is 86.1 cm³/mol. The highest BCUT2D eigenvalue weighted by molar-refractivity contribution is 7.97. The number of carbonyl (C=O) groups excluding carboxylic acids is 1. The molecule has 2 N–H and O–H groups in total. The van der Waals surface area contributed by atoms with E-state index in [4.69, 9.17) is 0 Å². The van der Waals surface area contributed by atoms with E-state index in [0.717, 1.165) is 18.6 Å². The lowest BCUT2D eigenvalue weighted by Crippen LogP contribution is -2.39. The summed E-state index contributed by atoms with van der Waals surface area (Å²) in [5.41, 5.74) is 1.70. The number of aliphatic hydroxyl groups excluding tert-OH is 1. The summed E-state index contributed by atoms with van der Waals surface area (Å²) in [5.74, 6) is 0.890. The monoisotopic (exact) mass is 295 g/mol. The number of aliphatic hydroxyl groups is 1. The summed E-state index contributed by atoms with van der Waals surface area (Å²) >= 11 is 1.76.